The van der Waals surface area contributed by atoms with Gasteiger partial charge in [-0.3, -0.25) is 0 Å². The van der Waals surface area contributed by atoms with E-state index >= 15 is 0 Å². The summed E-state index contributed by atoms with van der Waals surface area (Å²) in [6.07, 6.45) is 1.22. The molecule has 1 nitrogen and oxygen atoms in total. The monoisotopic (exact) mass is 171 g/mol. The molecule has 74 valence electrons. The summed E-state index contributed by atoms with van der Waals surface area (Å²) < 4.78 is 0. The standard InChI is InChI=1S/C11H25N/c1-7-10(4)12-8-11(5,6)9(2)3/h9-10,12H,7-8H2,1-6H3. The Labute approximate surface area is 77.9 Å². The maximum atomic E-state index is 3.55. The maximum Gasteiger partial charge on any atom is 0.00363 e. The predicted molar refractivity (Wildman–Crippen MR) is 56.4 cm³/mol. The molecule has 0 rings (SSSR count). The van der Waals surface area contributed by atoms with Gasteiger partial charge in [0.1, 0.15) is 0 Å². The molecular weight excluding hydrogens is 146 g/mol. The van der Waals surface area contributed by atoms with Crippen molar-refractivity contribution in [1.29, 1.82) is 0 Å². The highest BCUT2D eigenvalue weighted by Gasteiger charge is 2.21. The first kappa shape index (κ1) is 12.0. The van der Waals surface area contributed by atoms with Crippen molar-refractivity contribution in [2.24, 2.45) is 11.3 Å². The van der Waals surface area contributed by atoms with Crippen LogP contribution in [-0.4, -0.2) is 12.6 Å². The summed E-state index contributed by atoms with van der Waals surface area (Å²) in [5.41, 5.74) is 0.420. The lowest BCUT2D eigenvalue weighted by molar-refractivity contribution is 0.229. The summed E-state index contributed by atoms with van der Waals surface area (Å²) in [6, 6.07) is 0.656. The number of nitrogens with one attached hydrogen (secondary N) is 1. The fourth-order valence-corrected chi connectivity index (χ4v) is 0.786. The zero-order valence-corrected chi connectivity index (χ0v) is 9.57. The minimum Gasteiger partial charge on any atom is -0.314 e. The van der Waals surface area contributed by atoms with E-state index in [4.69, 9.17) is 0 Å². The average Bonchev–Trinajstić information content (AvgIpc) is 2.00. The second-order valence-corrected chi connectivity index (χ2v) is 4.83. The van der Waals surface area contributed by atoms with Crippen LogP contribution in [-0.2, 0) is 0 Å². The topological polar surface area (TPSA) is 12.0 Å². The van der Waals surface area contributed by atoms with Crippen molar-refractivity contribution in [3.8, 4) is 0 Å². The molecule has 0 radical (unpaired) electrons. The van der Waals surface area contributed by atoms with Crippen LogP contribution in [0.5, 0.6) is 0 Å². The molecule has 0 fully saturated rings. The first-order chi connectivity index (χ1) is 5.40. The van der Waals surface area contributed by atoms with Gasteiger partial charge in [0, 0.05) is 12.6 Å². The Bertz CT molecular complexity index is 116. The Balaban J connectivity index is 3.75. The van der Waals surface area contributed by atoms with Crippen LogP contribution in [0.1, 0.15) is 48.0 Å². The van der Waals surface area contributed by atoms with Crippen LogP contribution < -0.4 is 5.32 Å². The Morgan fingerprint density at radius 1 is 1.17 bits per heavy atom. The SMILES string of the molecule is CCC(C)NCC(C)(C)C(C)C. The van der Waals surface area contributed by atoms with E-state index in [9.17, 15) is 0 Å². The molecule has 0 aliphatic heterocycles. The molecule has 0 saturated heterocycles. The highest BCUT2D eigenvalue weighted by molar-refractivity contribution is 4.76. The molecule has 12 heavy (non-hydrogen) atoms. The van der Waals surface area contributed by atoms with E-state index in [1.54, 1.807) is 0 Å². The maximum absolute atomic E-state index is 3.55. The van der Waals surface area contributed by atoms with Crippen molar-refractivity contribution in [2.45, 2.75) is 54.0 Å². The fourth-order valence-electron chi connectivity index (χ4n) is 0.786. The largest absolute Gasteiger partial charge is 0.314 e. The summed E-state index contributed by atoms with van der Waals surface area (Å²) >= 11 is 0. The summed E-state index contributed by atoms with van der Waals surface area (Å²) in [5.74, 6) is 0.744. The highest BCUT2D eigenvalue weighted by atomic mass is 14.9. The number of hydrogen-bond donors (Lipinski definition) is 1. The van der Waals surface area contributed by atoms with Gasteiger partial charge >= 0.3 is 0 Å². The van der Waals surface area contributed by atoms with E-state index in [-0.39, 0.29) is 0 Å². The van der Waals surface area contributed by atoms with Gasteiger partial charge in [-0.1, -0.05) is 34.6 Å². The minimum atomic E-state index is 0.420. The molecule has 1 N–H and O–H groups in total. The lowest BCUT2D eigenvalue weighted by Gasteiger charge is -2.31. The van der Waals surface area contributed by atoms with Crippen molar-refractivity contribution in [2.75, 3.05) is 6.54 Å². The molecule has 0 spiro atoms. The van der Waals surface area contributed by atoms with Crippen LogP contribution in [0.4, 0.5) is 0 Å². The van der Waals surface area contributed by atoms with Gasteiger partial charge in [-0.05, 0) is 24.7 Å². The van der Waals surface area contributed by atoms with Gasteiger partial charge < -0.3 is 5.32 Å². The van der Waals surface area contributed by atoms with Gasteiger partial charge in [-0.25, -0.2) is 0 Å². The van der Waals surface area contributed by atoms with Crippen LogP contribution in [0, 0.1) is 11.3 Å². The van der Waals surface area contributed by atoms with Crippen molar-refractivity contribution in [3.05, 3.63) is 0 Å². The molecule has 1 unspecified atom stereocenters. The lowest BCUT2D eigenvalue weighted by Crippen LogP contribution is -2.37. The smallest absolute Gasteiger partial charge is 0.00363 e. The molecule has 0 bridgehead atoms. The third-order valence-corrected chi connectivity index (χ3v) is 3.08. The average molecular weight is 171 g/mol. The number of rotatable bonds is 5. The van der Waals surface area contributed by atoms with E-state index in [0.29, 0.717) is 11.5 Å². The van der Waals surface area contributed by atoms with E-state index < -0.39 is 0 Å². The summed E-state index contributed by atoms with van der Waals surface area (Å²) in [5, 5.41) is 3.55. The normalized spacial score (nSPS) is 15.2. The first-order valence-electron chi connectivity index (χ1n) is 5.13. The third kappa shape index (κ3) is 4.10. The molecule has 0 aromatic heterocycles. The minimum absolute atomic E-state index is 0.420. The zero-order valence-electron chi connectivity index (χ0n) is 9.57. The second kappa shape index (κ2) is 4.86. The van der Waals surface area contributed by atoms with Gasteiger partial charge in [-0.15, -0.1) is 0 Å². The van der Waals surface area contributed by atoms with E-state index in [1.165, 1.54) is 6.42 Å². The predicted octanol–water partition coefficient (Wildman–Crippen LogP) is 3.06. The van der Waals surface area contributed by atoms with Crippen LogP contribution in [0.3, 0.4) is 0 Å². The molecule has 0 amide bonds. The van der Waals surface area contributed by atoms with Crippen molar-refractivity contribution >= 4 is 0 Å². The summed E-state index contributed by atoms with van der Waals surface area (Å²) in [6.45, 7) is 14.8. The molecule has 0 aromatic rings. The van der Waals surface area contributed by atoms with Gasteiger partial charge in [-0.2, -0.15) is 0 Å². The highest BCUT2D eigenvalue weighted by Crippen LogP contribution is 2.24. The van der Waals surface area contributed by atoms with Crippen molar-refractivity contribution < 1.29 is 0 Å². The molecule has 0 heterocycles. The van der Waals surface area contributed by atoms with Gasteiger partial charge in [0.25, 0.3) is 0 Å². The van der Waals surface area contributed by atoms with Gasteiger partial charge in [0.05, 0.1) is 0 Å². The van der Waals surface area contributed by atoms with Crippen LogP contribution in [0.2, 0.25) is 0 Å². The molecule has 0 aliphatic carbocycles. The Hall–Kier alpha value is -0.0400. The second-order valence-electron chi connectivity index (χ2n) is 4.83. The van der Waals surface area contributed by atoms with Crippen LogP contribution in [0.15, 0.2) is 0 Å². The Morgan fingerprint density at radius 2 is 1.67 bits per heavy atom. The van der Waals surface area contributed by atoms with Crippen LogP contribution in [0.25, 0.3) is 0 Å². The molecule has 0 aliphatic rings. The first-order valence-corrected chi connectivity index (χ1v) is 5.13. The third-order valence-electron chi connectivity index (χ3n) is 3.08. The molecule has 1 atom stereocenters. The molecule has 0 aromatic carbocycles. The Morgan fingerprint density at radius 3 is 2.00 bits per heavy atom. The summed E-state index contributed by atoms with van der Waals surface area (Å²) in [4.78, 5) is 0. The molecular formula is C11H25N. The quantitative estimate of drug-likeness (QED) is 0.670. The fraction of sp³-hybridized carbons (Fsp3) is 1.00. The molecule has 1 heteroatoms. The molecule has 0 saturated carbocycles. The number of hydrogen-bond acceptors (Lipinski definition) is 1. The Kier molecular flexibility index (Phi) is 4.84. The van der Waals surface area contributed by atoms with Crippen molar-refractivity contribution in [1.82, 2.24) is 5.32 Å². The van der Waals surface area contributed by atoms with Gasteiger partial charge in [0.2, 0.25) is 0 Å². The zero-order chi connectivity index (χ0) is 9.78. The van der Waals surface area contributed by atoms with E-state index in [1.807, 2.05) is 0 Å². The van der Waals surface area contributed by atoms with E-state index in [0.717, 1.165) is 12.5 Å². The van der Waals surface area contributed by atoms with E-state index in [2.05, 4.69) is 46.9 Å². The van der Waals surface area contributed by atoms with Crippen molar-refractivity contribution in [3.63, 3.8) is 0 Å². The summed E-state index contributed by atoms with van der Waals surface area (Å²) in [7, 11) is 0. The van der Waals surface area contributed by atoms with Crippen LogP contribution >= 0.6 is 0 Å². The van der Waals surface area contributed by atoms with Gasteiger partial charge in [0.15, 0.2) is 0 Å². The lowest BCUT2D eigenvalue weighted by atomic mass is 9.81.